The zero-order chi connectivity index (χ0) is 21.4. The normalized spacial score (nSPS) is 22.2. The average Bonchev–Trinajstić information content (AvgIpc) is 3.44. The number of hydrogen-bond donors (Lipinski definition) is 2. The molecule has 0 spiro atoms. The number of fused-ring (bicyclic) bond motifs is 1. The smallest absolute Gasteiger partial charge is 0.275 e. The number of nitrogens with zero attached hydrogens (tertiary/aromatic N) is 4. The minimum Gasteiger partial charge on any atom is -0.497 e. The molecule has 31 heavy (non-hydrogen) atoms. The molecule has 1 aromatic heterocycles. The number of carbonyl (C=O) groups excluding carboxylic acids is 1. The van der Waals surface area contributed by atoms with Gasteiger partial charge in [-0.1, -0.05) is 30.3 Å². The van der Waals surface area contributed by atoms with Crippen molar-refractivity contribution in [3.8, 4) is 5.75 Å². The number of benzene rings is 2. The van der Waals surface area contributed by atoms with Crippen LogP contribution in [0.5, 0.6) is 5.75 Å². The molecular weight excluding hydrogens is 392 g/mol. The average molecular weight is 421 g/mol. The third-order valence-corrected chi connectivity index (χ3v) is 6.40. The van der Waals surface area contributed by atoms with Crippen LogP contribution in [0.2, 0.25) is 0 Å². The second-order valence-electron chi connectivity index (χ2n) is 8.18. The molecule has 2 N–H and O–H groups in total. The number of nitrogens with one attached hydrogen (secondary N) is 2. The first-order valence-corrected chi connectivity index (χ1v) is 10.7. The Kier molecular flexibility index (Phi) is 5.35. The van der Waals surface area contributed by atoms with Crippen LogP contribution in [0.1, 0.15) is 28.5 Å². The molecule has 3 aromatic rings. The van der Waals surface area contributed by atoms with Crippen molar-refractivity contribution in [2.45, 2.75) is 18.6 Å². The van der Waals surface area contributed by atoms with Crippen LogP contribution in [-0.2, 0) is 7.05 Å². The van der Waals surface area contributed by atoms with Crippen molar-refractivity contribution < 1.29 is 9.53 Å². The van der Waals surface area contributed by atoms with E-state index in [-0.39, 0.29) is 18.1 Å². The summed E-state index contributed by atoms with van der Waals surface area (Å²) in [5.74, 6) is 0.887. The molecule has 5 rings (SSSR count). The SMILES string of the molecule is COc1ccc(C2CC(N3CCN(C(=O)c4nn(C)c5ccccc45)CC3)NN2)cc1. The number of aromatic nitrogens is 2. The molecule has 0 aliphatic carbocycles. The first kappa shape index (κ1) is 20.0. The van der Waals surface area contributed by atoms with Crippen LogP contribution in [0.4, 0.5) is 0 Å². The highest BCUT2D eigenvalue weighted by Gasteiger charge is 2.33. The summed E-state index contributed by atoms with van der Waals surface area (Å²) in [5, 5.41) is 5.42. The summed E-state index contributed by atoms with van der Waals surface area (Å²) in [6.07, 6.45) is 1.23. The van der Waals surface area contributed by atoms with Gasteiger partial charge in [0.05, 0.1) is 18.8 Å². The van der Waals surface area contributed by atoms with E-state index in [0.717, 1.165) is 36.2 Å². The molecule has 2 fully saturated rings. The van der Waals surface area contributed by atoms with Gasteiger partial charge in [0.1, 0.15) is 5.75 Å². The lowest BCUT2D eigenvalue weighted by atomic mass is 10.0. The van der Waals surface area contributed by atoms with Crippen LogP contribution in [0.25, 0.3) is 10.9 Å². The number of aryl methyl sites for hydroxylation is 1. The predicted molar refractivity (Wildman–Crippen MR) is 119 cm³/mol. The molecule has 3 heterocycles. The van der Waals surface area contributed by atoms with Gasteiger partial charge in [0, 0.05) is 44.7 Å². The van der Waals surface area contributed by atoms with E-state index in [2.05, 4.69) is 33.0 Å². The van der Waals surface area contributed by atoms with E-state index in [0.29, 0.717) is 18.8 Å². The summed E-state index contributed by atoms with van der Waals surface area (Å²) < 4.78 is 7.04. The topological polar surface area (TPSA) is 74.7 Å². The fourth-order valence-electron chi connectivity index (χ4n) is 4.59. The largest absolute Gasteiger partial charge is 0.497 e. The Labute approximate surface area is 181 Å². The zero-order valence-corrected chi connectivity index (χ0v) is 17.9. The maximum atomic E-state index is 13.1. The number of ether oxygens (including phenoxy) is 1. The number of amides is 1. The quantitative estimate of drug-likeness (QED) is 0.672. The number of para-hydroxylation sites is 1. The lowest BCUT2D eigenvalue weighted by molar-refractivity contribution is 0.0540. The van der Waals surface area contributed by atoms with E-state index in [1.807, 2.05) is 48.3 Å². The van der Waals surface area contributed by atoms with E-state index >= 15 is 0 Å². The van der Waals surface area contributed by atoms with E-state index in [9.17, 15) is 4.79 Å². The Bertz CT molecular complexity index is 1070. The fourth-order valence-corrected chi connectivity index (χ4v) is 4.59. The zero-order valence-electron chi connectivity index (χ0n) is 17.9. The summed E-state index contributed by atoms with van der Waals surface area (Å²) >= 11 is 0. The highest BCUT2D eigenvalue weighted by Crippen LogP contribution is 2.26. The van der Waals surface area contributed by atoms with Crippen LogP contribution in [-0.4, -0.2) is 64.9 Å². The van der Waals surface area contributed by atoms with Crippen LogP contribution >= 0.6 is 0 Å². The molecule has 0 bridgehead atoms. The van der Waals surface area contributed by atoms with Crippen LogP contribution in [0.15, 0.2) is 48.5 Å². The van der Waals surface area contributed by atoms with Crippen LogP contribution in [0, 0.1) is 0 Å². The summed E-state index contributed by atoms with van der Waals surface area (Å²) in [6.45, 7) is 3.08. The number of hydrazine groups is 1. The second kappa shape index (κ2) is 8.30. The Balaban J connectivity index is 1.20. The van der Waals surface area contributed by atoms with Crippen molar-refractivity contribution in [3.05, 3.63) is 59.8 Å². The van der Waals surface area contributed by atoms with E-state index in [1.54, 1.807) is 11.8 Å². The van der Waals surface area contributed by atoms with Gasteiger partial charge in [-0.2, -0.15) is 5.10 Å². The molecule has 8 nitrogen and oxygen atoms in total. The Morgan fingerprint density at radius 3 is 2.52 bits per heavy atom. The molecule has 0 saturated carbocycles. The molecule has 2 unspecified atom stereocenters. The second-order valence-corrected chi connectivity index (χ2v) is 8.18. The molecule has 8 heteroatoms. The van der Waals surface area contributed by atoms with Crippen molar-refractivity contribution >= 4 is 16.8 Å². The number of methoxy groups -OCH3 is 1. The molecule has 162 valence electrons. The number of rotatable bonds is 4. The summed E-state index contributed by atoms with van der Waals surface area (Å²) in [4.78, 5) is 17.5. The van der Waals surface area contributed by atoms with Gasteiger partial charge in [-0.25, -0.2) is 10.9 Å². The van der Waals surface area contributed by atoms with Gasteiger partial charge in [0.25, 0.3) is 5.91 Å². The Morgan fingerprint density at radius 2 is 1.77 bits per heavy atom. The molecule has 2 aromatic carbocycles. The maximum Gasteiger partial charge on any atom is 0.275 e. The van der Waals surface area contributed by atoms with Gasteiger partial charge >= 0.3 is 0 Å². The van der Waals surface area contributed by atoms with Crippen molar-refractivity contribution in [2.24, 2.45) is 7.05 Å². The van der Waals surface area contributed by atoms with Crippen molar-refractivity contribution in [1.29, 1.82) is 0 Å². The number of hydrogen-bond acceptors (Lipinski definition) is 6. The lowest BCUT2D eigenvalue weighted by Gasteiger charge is -2.37. The minimum atomic E-state index is 0.0186. The molecule has 1 amide bonds. The van der Waals surface area contributed by atoms with Crippen molar-refractivity contribution in [1.82, 2.24) is 30.4 Å². The molecule has 2 aliphatic rings. The van der Waals surface area contributed by atoms with Gasteiger partial charge < -0.3 is 9.64 Å². The summed E-state index contributed by atoms with van der Waals surface area (Å²) in [7, 11) is 3.57. The number of piperazine rings is 1. The van der Waals surface area contributed by atoms with Crippen molar-refractivity contribution in [3.63, 3.8) is 0 Å². The van der Waals surface area contributed by atoms with Gasteiger partial charge in [-0.15, -0.1) is 0 Å². The lowest BCUT2D eigenvalue weighted by Crippen LogP contribution is -2.55. The highest BCUT2D eigenvalue weighted by atomic mass is 16.5. The first-order valence-electron chi connectivity index (χ1n) is 10.7. The standard InChI is InChI=1S/C23H28N6O2/c1-27-20-6-4-3-5-18(20)22(26-27)23(30)29-13-11-28(12-14-29)21-15-19(24-25-21)16-7-9-17(31-2)10-8-16/h3-10,19,21,24-25H,11-15H2,1-2H3. The molecule has 2 atom stereocenters. The maximum absolute atomic E-state index is 13.1. The van der Waals surface area contributed by atoms with Crippen LogP contribution < -0.4 is 15.6 Å². The van der Waals surface area contributed by atoms with Crippen molar-refractivity contribution in [2.75, 3.05) is 33.3 Å². The van der Waals surface area contributed by atoms with Gasteiger partial charge in [0.2, 0.25) is 0 Å². The summed E-state index contributed by atoms with van der Waals surface area (Å²) in [6, 6.07) is 16.4. The Hall–Kier alpha value is -2.94. The molecule has 2 aliphatic heterocycles. The van der Waals surface area contributed by atoms with Gasteiger partial charge in [-0.05, 0) is 30.2 Å². The monoisotopic (exact) mass is 420 g/mol. The minimum absolute atomic E-state index is 0.0186. The fraction of sp³-hybridized carbons (Fsp3) is 0.391. The van der Waals surface area contributed by atoms with E-state index < -0.39 is 0 Å². The molecule has 0 radical (unpaired) electrons. The summed E-state index contributed by atoms with van der Waals surface area (Å²) in [5.41, 5.74) is 9.62. The van der Waals surface area contributed by atoms with E-state index in [1.165, 1.54) is 5.56 Å². The third-order valence-electron chi connectivity index (χ3n) is 6.40. The predicted octanol–water partition coefficient (Wildman–Crippen LogP) is 1.90. The first-order chi connectivity index (χ1) is 15.1. The van der Waals surface area contributed by atoms with Gasteiger partial charge in [-0.3, -0.25) is 14.4 Å². The van der Waals surface area contributed by atoms with Crippen LogP contribution in [0.3, 0.4) is 0 Å². The third kappa shape index (κ3) is 3.78. The van der Waals surface area contributed by atoms with E-state index in [4.69, 9.17) is 4.74 Å². The number of carbonyl (C=O) groups is 1. The Morgan fingerprint density at radius 1 is 1.03 bits per heavy atom. The van der Waals surface area contributed by atoms with Gasteiger partial charge in [0.15, 0.2) is 5.69 Å². The highest BCUT2D eigenvalue weighted by molar-refractivity contribution is 6.04. The molecule has 2 saturated heterocycles. The molecular formula is C23H28N6O2.